The van der Waals surface area contributed by atoms with Crippen LogP contribution in [0.1, 0.15) is 34.8 Å². The Morgan fingerprint density at radius 3 is 3.04 bits per heavy atom. The van der Waals surface area contributed by atoms with Crippen molar-refractivity contribution < 1.29 is 4.79 Å². The summed E-state index contributed by atoms with van der Waals surface area (Å²) in [6, 6.07) is 7.72. The number of aromatic nitrogens is 6. The van der Waals surface area contributed by atoms with Gasteiger partial charge in [0.25, 0.3) is 5.91 Å². The lowest BCUT2D eigenvalue weighted by atomic mass is 9.90. The second kappa shape index (κ2) is 6.88. The van der Waals surface area contributed by atoms with Gasteiger partial charge in [-0.05, 0) is 42.7 Å². The lowest BCUT2D eigenvalue weighted by Crippen LogP contribution is -2.39. The van der Waals surface area contributed by atoms with Crippen molar-refractivity contribution in [2.45, 2.75) is 18.8 Å². The van der Waals surface area contributed by atoms with Crippen molar-refractivity contribution in [3.05, 3.63) is 66.5 Å². The fraction of sp³-hybridized carbons (Fsp3) is 0.250. The summed E-state index contributed by atoms with van der Waals surface area (Å²) in [5.41, 5.74) is 3.24. The van der Waals surface area contributed by atoms with Gasteiger partial charge in [-0.2, -0.15) is 0 Å². The monoisotopic (exact) mass is 373 g/mol. The zero-order valence-electron chi connectivity index (χ0n) is 15.2. The van der Waals surface area contributed by atoms with Crippen molar-refractivity contribution in [2.24, 2.45) is 0 Å². The van der Waals surface area contributed by atoms with Crippen LogP contribution in [0.4, 0.5) is 0 Å². The van der Waals surface area contributed by atoms with Gasteiger partial charge in [0.05, 0.1) is 18.1 Å². The third kappa shape index (κ3) is 2.92. The molecule has 0 aliphatic carbocycles. The number of aromatic amines is 1. The van der Waals surface area contributed by atoms with Gasteiger partial charge in [-0.1, -0.05) is 5.21 Å². The minimum Gasteiger partial charge on any atom is -0.346 e. The number of hydrogen-bond donors (Lipinski definition) is 1. The van der Waals surface area contributed by atoms with Crippen molar-refractivity contribution >= 4 is 16.9 Å². The summed E-state index contributed by atoms with van der Waals surface area (Å²) in [5.74, 6) is 0.196. The van der Waals surface area contributed by atoms with E-state index in [0.29, 0.717) is 12.2 Å². The highest BCUT2D eigenvalue weighted by Gasteiger charge is 2.28. The van der Waals surface area contributed by atoms with Crippen LogP contribution in [0.3, 0.4) is 0 Å². The maximum Gasteiger partial charge on any atom is 0.276 e. The number of pyridine rings is 2. The van der Waals surface area contributed by atoms with Crippen molar-refractivity contribution in [2.75, 3.05) is 13.1 Å². The van der Waals surface area contributed by atoms with E-state index in [4.69, 9.17) is 0 Å². The molecule has 1 fully saturated rings. The number of nitrogens with one attached hydrogen (secondary N) is 1. The number of H-pyrrole nitrogens is 1. The van der Waals surface area contributed by atoms with Crippen LogP contribution in [0.15, 0.2) is 55.2 Å². The fourth-order valence-electron chi connectivity index (χ4n) is 3.87. The highest BCUT2D eigenvalue weighted by molar-refractivity contribution is 5.92. The van der Waals surface area contributed by atoms with E-state index < -0.39 is 0 Å². The van der Waals surface area contributed by atoms with Gasteiger partial charge in [0.15, 0.2) is 5.69 Å². The molecule has 0 saturated carbocycles. The van der Waals surface area contributed by atoms with E-state index in [0.717, 1.165) is 36.1 Å². The maximum absolute atomic E-state index is 13.0. The van der Waals surface area contributed by atoms with Gasteiger partial charge >= 0.3 is 0 Å². The first-order chi connectivity index (χ1) is 13.8. The second-order valence-corrected chi connectivity index (χ2v) is 6.99. The van der Waals surface area contributed by atoms with Crippen LogP contribution in [0, 0.1) is 0 Å². The summed E-state index contributed by atoms with van der Waals surface area (Å²) in [4.78, 5) is 26.6. The first-order valence-corrected chi connectivity index (χ1v) is 9.33. The zero-order valence-corrected chi connectivity index (χ0v) is 15.2. The normalized spacial score (nSPS) is 17.1. The van der Waals surface area contributed by atoms with Gasteiger partial charge < -0.3 is 9.88 Å². The summed E-state index contributed by atoms with van der Waals surface area (Å²) < 4.78 is 1.58. The van der Waals surface area contributed by atoms with E-state index in [1.807, 2.05) is 29.3 Å². The summed E-state index contributed by atoms with van der Waals surface area (Å²) in [6.07, 6.45) is 10.9. The molecular formula is C20H19N7O. The van der Waals surface area contributed by atoms with Gasteiger partial charge in [0.2, 0.25) is 0 Å². The Labute approximate surface area is 161 Å². The molecule has 1 aliphatic heterocycles. The third-order valence-electron chi connectivity index (χ3n) is 5.25. The average molecular weight is 373 g/mol. The number of amides is 1. The minimum atomic E-state index is -0.0854. The van der Waals surface area contributed by atoms with Crippen LogP contribution >= 0.6 is 0 Å². The topological polar surface area (TPSA) is 92.6 Å². The van der Waals surface area contributed by atoms with Gasteiger partial charge in [-0.3, -0.25) is 9.78 Å². The quantitative estimate of drug-likeness (QED) is 0.596. The summed E-state index contributed by atoms with van der Waals surface area (Å²) in [6.45, 7) is 1.40. The van der Waals surface area contributed by atoms with Crippen LogP contribution in [-0.4, -0.2) is 53.8 Å². The molecule has 0 spiro atoms. The van der Waals surface area contributed by atoms with Crippen LogP contribution in [0.25, 0.3) is 16.7 Å². The van der Waals surface area contributed by atoms with Gasteiger partial charge in [-0.25, -0.2) is 9.67 Å². The highest BCUT2D eigenvalue weighted by Crippen LogP contribution is 2.32. The number of likely N-dealkylation sites (tertiary alicyclic amines) is 1. The Morgan fingerprint density at radius 1 is 1.21 bits per heavy atom. The van der Waals surface area contributed by atoms with E-state index in [1.165, 1.54) is 5.56 Å². The van der Waals surface area contributed by atoms with E-state index in [2.05, 4.69) is 31.3 Å². The lowest BCUT2D eigenvalue weighted by molar-refractivity contribution is 0.0701. The molecule has 4 aromatic heterocycles. The maximum atomic E-state index is 13.0. The molecule has 140 valence electrons. The Hall–Kier alpha value is -3.55. The molecule has 0 bridgehead atoms. The standard InChI is InChI=1S/C20H19N7O/c28-20(18-13-27(25-24-18)15-5-1-7-21-10-15)26-9-3-4-14(12-26)17-11-23-19-16(17)6-2-8-22-19/h1-2,5-8,10-11,13-14H,3-4,9,12H2,(H,22,23). The summed E-state index contributed by atoms with van der Waals surface area (Å²) in [7, 11) is 0. The molecule has 1 unspecified atom stereocenters. The van der Waals surface area contributed by atoms with Crippen LogP contribution in [-0.2, 0) is 0 Å². The van der Waals surface area contributed by atoms with Crippen LogP contribution in [0.5, 0.6) is 0 Å². The van der Waals surface area contributed by atoms with Crippen molar-refractivity contribution in [3.63, 3.8) is 0 Å². The number of carbonyl (C=O) groups is 1. The first-order valence-electron chi connectivity index (χ1n) is 9.33. The predicted molar refractivity (Wildman–Crippen MR) is 103 cm³/mol. The highest BCUT2D eigenvalue weighted by atomic mass is 16.2. The predicted octanol–water partition coefficient (Wildman–Crippen LogP) is 2.56. The van der Waals surface area contributed by atoms with Crippen LogP contribution in [0.2, 0.25) is 0 Å². The summed E-state index contributed by atoms with van der Waals surface area (Å²) in [5, 5.41) is 9.29. The molecule has 1 amide bonds. The minimum absolute atomic E-state index is 0.0854. The second-order valence-electron chi connectivity index (χ2n) is 6.99. The molecule has 1 atom stereocenters. The van der Waals surface area contributed by atoms with Gasteiger partial charge in [0, 0.05) is 43.0 Å². The molecule has 1 saturated heterocycles. The van der Waals surface area contributed by atoms with Gasteiger partial charge in [-0.15, -0.1) is 5.10 Å². The van der Waals surface area contributed by atoms with E-state index >= 15 is 0 Å². The Bertz CT molecular complexity index is 1120. The van der Waals surface area contributed by atoms with E-state index in [1.54, 1.807) is 29.5 Å². The Morgan fingerprint density at radius 2 is 2.14 bits per heavy atom. The average Bonchev–Trinajstić information content (AvgIpc) is 3.42. The number of nitrogens with zero attached hydrogens (tertiary/aromatic N) is 6. The molecule has 8 nitrogen and oxygen atoms in total. The molecule has 8 heteroatoms. The van der Waals surface area contributed by atoms with Crippen molar-refractivity contribution in [1.29, 1.82) is 0 Å². The fourth-order valence-corrected chi connectivity index (χ4v) is 3.87. The van der Waals surface area contributed by atoms with E-state index in [-0.39, 0.29) is 11.8 Å². The third-order valence-corrected chi connectivity index (χ3v) is 5.25. The Balaban J connectivity index is 1.36. The largest absolute Gasteiger partial charge is 0.346 e. The molecule has 0 radical (unpaired) electrons. The SMILES string of the molecule is O=C(c1cn(-c2cccnc2)nn1)N1CCCC(c2c[nH]c3ncccc23)C1. The van der Waals surface area contributed by atoms with Gasteiger partial charge in [0.1, 0.15) is 5.65 Å². The lowest BCUT2D eigenvalue weighted by Gasteiger charge is -2.32. The molecule has 28 heavy (non-hydrogen) atoms. The zero-order chi connectivity index (χ0) is 18.9. The molecule has 1 aliphatic rings. The van der Waals surface area contributed by atoms with Crippen molar-refractivity contribution in [1.82, 2.24) is 34.8 Å². The number of fused-ring (bicyclic) bond motifs is 1. The number of hydrogen-bond acceptors (Lipinski definition) is 5. The molecule has 4 aromatic rings. The Kier molecular flexibility index (Phi) is 4.08. The van der Waals surface area contributed by atoms with E-state index in [9.17, 15) is 4.79 Å². The molecule has 0 aromatic carbocycles. The molecule has 1 N–H and O–H groups in total. The number of piperidine rings is 1. The first kappa shape index (κ1) is 16.6. The molecule has 5 rings (SSSR count). The summed E-state index contributed by atoms with van der Waals surface area (Å²) >= 11 is 0. The number of carbonyl (C=O) groups excluding carboxylic acids is 1. The molecule has 5 heterocycles. The molecular weight excluding hydrogens is 354 g/mol. The van der Waals surface area contributed by atoms with Crippen LogP contribution < -0.4 is 0 Å². The number of rotatable bonds is 3. The van der Waals surface area contributed by atoms with Crippen molar-refractivity contribution in [3.8, 4) is 5.69 Å². The smallest absolute Gasteiger partial charge is 0.276 e.